The van der Waals surface area contributed by atoms with Crippen LogP contribution in [0.4, 0.5) is 4.39 Å². The second-order valence-electron chi connectivity index (χ2n) is 9.01. The molecule has 1 amide bonds. The molecule has 0 saturated heterocycles. The Bertz CT molecular complexity index is 1700. The number of aromatic nitrogens is 3. The van der Waals surface area contributed by atoms with Gasteiger partial charge in [0.1, 0.15) is 11.3 Å². The Morgan fingerprint density at radius 2 is 1.78 bits per heavy atom. The van der Waals surface area contributed by atoms with Crippen molar-refractivity contribution in [3.8, 4) is 17.2 Å². The van der Waals surface area contributed by atoms with Crippen LogP contribution in [0.5, 0.6) is 11.5 Å². The van der Waals surface area contributed by atoms with Crippen LogP contribution in [0.2, 0.25) is 0 Å². The van der Waals surface area contributed by atoms with Crippen molar-refractivity contribution in [3.63, 3.8) is 0 Å². The number of rotatable bonds is 5. The number of ether oxygens (including phenoxy) is 1. The van der Waals surface area contributed by atoms with Crippen LogP contribution in [0.1, 0.15) is 40.4 Å². The van der Waals surface area contributed by atoms with Gasteiger partial charge in [-0.25, -0.2) is 9.07 Å². The number of carbonyl (C=O) groups is 1. The van der Waals surface area contributed by atoms with E-state index in [1.807, 2.05) is 42.5 Å². The molecule has 0 spiro atoms. The lowest BCUT2D eigenvalue weighted by Gasteiger charge is -2.27. The standard InChI is InChI=1S/C29H23FN4O3/c30-22-17-18(12-13-25(22)37-24-14-15-32-23-11-5-4-9-21(23)24)20-10-6-16-33-27(20)26(28(31)35)29(36)34(33)19-7-2-1-3-8-19/h1-5,7-9,11-15,17,20H,6,10,16H2,(H2,31,35). The molecule has 0 bridgehead atoms. The summed E-state index contributed by atoms with van der Waals surface area (Å²) in [6.45, 7) is 0.544. The molecule has 1 atom stereocenters. The van der Waals surface area contributed by atoms with Crippen molar-refractivity contribution in [2.75, 3.05) is 0 Å². The molecular formula is C29H23FN4O3. The number of hydrogen-bond donors (Lipinski definition) is 1. The number of amides is 1. The zero-order chi connectivity index (χ0) is 25.5. The molecule has 2 N–H and O–H groups in total. The zero-order valence-corrected chi connectivity index (χ0v) is 19.8. The van der Waals surface area contributed by atoms with Gasteiger partial charge >= 0.3 is 0 Å². The smallest absolute Gasteiger partial charge is 0.284 e. The Morgan fingerprint density at radius 3 is 2.57 bits per heavy atom. The van der Waals surface area contributed by atoms with Crippen molar-refractivity contribution < 1.29 is 13.9 Å². The maximum atomic E-state index is 15.4. The Kier molecular flexibility index (Phi) is 5.56. The Hall–Kier alpha value is -4.72. The summed E-state index contributed by atoms with van der Waals surface area (Å²) >= 11 is 0. The zero-order valence-electron chi connectivity index (χ0n) is 19.8. The summed E-state index contributed by atoms with van der Waals surface area (Å²) in [5.74, 6) is -1.13. The molecule has 1 aliphatic rings. The Balaban J connectivity index is 1.42. The van der Waals surface area contributed by atoms with E-state index in [1.165, 1.54) is 10.7 Å². The number of carbonyl (C=O) groups excluding carboxylic acids is 1. The Morgan fingerprint density at radius 1 is 1.00 bits per heavy atom. The van der Waals surface area contributed by atoms with Crippen LogP contribution in [-0.4, -0.2) is 20.3 Å². The van der Waals surface area contributed by atoms with Crippen molar-refractivity contribution in [1.29, 1.82) is 0 Å². The molecule has 0 radical (unpaired) electrons. The van der Waals surface area contributed by atoms with Crippen molar-refractivity contribution in [2.24, 2.45) is 5.73 Å². The molecule has 0 fully saturated rings. The fraction of sp³-hybridized carbons (Fsp3) is 0.138. The summed E-state index contributed by atoms with van der Waals surface area (Å²) < 4.78 is 24.6. The number of benzene rings is 3. The third kappa shape index (κ3) is 3.87. The predicted molar refractivity (Wildman–Crippen MR) is 138 cm³/mol. The highest BCUT2D eigenvalue weighted by atomic mass is 19.1. The second kappa shape index (κ2) is 9.05. The van der Waals surface area contributed by atoms with Gasteiger partial charge in [0.05, 0.1) is 16.9 Å². The molecule has 0 saturated carbocycles. The largest absolute Gasteiger partial charge is 0.454 e. The molecular weight excluding hydrogens is 471 g/mol. The molecule has 184 valence electrons. The first kappa shape index (κ1) is 22.7. The molecule has 7 nitrogen and oxygen atoms in total. The topological polar surface area (TPSA) is 92.1 Å². The lowest BCUT2D eigenvalue weighted by Crippen LogP contribution is -2.26. The van der Waals surface area contributed by atoms with Crippen molar-refractivity contribution in [3.05, 3.63) is 118 Å². The van der Waals surface area contributed by atoms with Crippen LogP contribution >= 0.6 is 0 Å². The number of halogens is 1. The minimum atomic E-state index is -0.791. The van der Waals surface area contributed by atoms with Gasteiger partial charge in [-0.2, -0.15) is 0 Å². The number of fused-ring (bicyclic) bond motifs is 2. The molecule has 0 aliphatic carbocycles. The monoisotopic (exact) mass is 494 g/mol. The van der Waals surface area contributed by atoms with E-state index in [0.717, 1.165) is 17.3 Å². The van der Waals surface area contributed by atoms with Crippen LogP contribution in [-0.2, 0) is 6.54 Å². The van der Waals surface area contributed by atoms with E-state index in [-0.39, 0.29) is 17.2 Å². The molecule has 1 unspecified atom stereocenters. The highest BCUT2D eigenvalue weighted by Crippen LogP contribution is 2.38. The fourth-order valence-corrected chi connectivity index (χ4v) is 5.19. The summed E-state index contributed by atoms with van der Waals surface area (Å²) in [7, 11) is 0. The first-order chi connectivity index (χ1) is 18.0. The van der Waals surface area contributed by atoms with Gasteiger partial charge < -0.3 is 10.5 Å². The number of nitrogens with zero attached hydrogens (tertiary/aromatic N) is 3. The molecule has 1 aliphatic heterocycles. The van der Waals surface area contributed by atoms with Crippen LogP contribution in [0.3, 0.4) is 0 Å². The van der Waals surface area contributed by atoms with Gasteiger partial charge in [0.2, 0.25) is 0 Å². The number of nitrogens with two attached hydrogens (primary N) is 1. The second-order valence-corrected chi connectivity index (χ2v) is 9.01. The van der Waals surface area contributed by atoms with Crippen LogP contribution in [0.25, 0.3) is 16.6 Å². The maximum absolute atomic E-state index is 15.4. The summed E-state index contributed by atoms with van der Waals surface area (Å²) in [5, 5.41) is 0.776. The van der Waals surface area contributed by atoms with Crippen LogP contribution < -0.4 is 16.0 Å². The van der Waals surface area contributed by atoms with Crippen LogP contribution in [0.15, 0.2) is 89.9 Å². The summed E-state index contributed by atoms with van der Waals surface area (Å²) in [6.07, 6.45) is 3.01. The van der Waals surface area contributed by atoms with Gasteiger partial charge in [-0.05, 0) is 60.9 Å². The summed E-state index contributed by atoms with van der Waals surface area (Å²) in [5.41, 5.74) is 7.71. The molecule has 8 heteroatoms. The van der Waals surface area contributed by atoms with Gasteiger partial charge in [0, 0.05) is 24.0 Å². The highest BCUT2D eigenvalue weighted by Gasteiger charge is 2.33. The van der Waals surface area contributed by atoms with E-state index in [0.29, 0.717) is 35.7 Å². The van der Waals surface area contributed by atoms with E-state index >= 15 is 4.39 Å². The molecule has 37 heavy (non-hydrogen) atoms. The van der Waals surface area contributed by atoms with E-state index in [9.17, 15) is 9.59 Å². The van der Waals surface area contributed by atoms with Crippen molar-refractivity contribution >= 4 is 16.8 Å². The maximum Gasteiger partial charge on any atom is 0.284 e. The lowest BCUT2D eigenvalue weighted by atomic mass is 9.86. The molecule has 5 aromatic rings. The minimum absolute atomic E-state index is 0.0578. The molecule has 6 rings (SSSR count). The third-order valence-corrected chi connectivity index (χ3v) is 6.81. The quantitative estimate of drug-likeness (QED) is 0.366. The third-order valence-electron chi connectivity index (χ3n) is 6.81. The number of primary amides is 1. The van der Waals surface area contributed by atoms with Gasteiger partial charge in [-0.15, -0.1) is 0 Å². The van der Waals surface area contributed by atoms with Gasteiger partial charge in [0.15, 0.2) is 11.6 Å². The van der Waals surface area contributed by atoms with E-state index in [4.69, 9.17) is 10.5 Å². The van der Waals surface area contributed by atoms with Crippen molar-refractivity contribution in [2.45, 2.75) is 25.3 Å². The lowest BCUT2D eigenvalue weighted by molar-refractivity contribution is 0.0997. The predicted octanol–water partition coefficient (Wildman–Crippen LogP) is 5.14. The molecule has 2 aromatic heterocycles. The molecule has 3 heterocycles. The van der Waals surface area contributed by atoms with Crippen LogP contribution in [0, 0.1) is 5.82 Å². The Labute approximate surface area is 211 Å². The average molecular weight is 495 g/mol. The number of pyridine rings is 1. The summed E-state index contributed by atoms with van der Waals surface area (Å²) in [6, 6.07) is 23.1. The van der Waals surface area contributed by atoms with E-state index < -0.39 is 17.3 Å². The molecule has 3 aromatic carbocycles. The van der Waals surface area contributed by atoms with E-state index in [2.05, 4.69) is 4.98 Å². The first-order valence-corrected chi connectivity index (χ1v) is 12.0. The number of hydrogen-bond acceptors (Lipinski definition) is 4. The minimum Gasteiger partial charge on any atom is -0.454 e. The number of para-hydroxylation sites is 2. The van der Waals surface area contributed by atoms with Crippen molar-refractivity contribution in [1.82, 2.24) is 14.3 Å². The van der Waals surface area contributed by atoms with E-state index in [1.54, 1.807) is 41.2 Å². The fourth-order valence-electron chi connectivity index (χ4n) is 5.19. The summed E-state index contributed by atoms with van der Waals surface area (Å²) in [4.78, 5) is 30.1. The average Bonchev–Trinajstić information content (AvgIpc) is 3.22. The van der Waals surface area contributed by atoms with Gasteiger partial charge in [-0.1, -0.05) is 36.4 Å². The van der Waals surface area contributed by atoms with Gasteiger partial charge in [-0.3, -0.25) is 19.3 Å². The highest BCUT2D eigenvalue weighted by molar-refractivity contribution is 5.94. The van der Waals surface area contributed by atoms with Gasteiger partial charge in [0.25, 0.3) is 11.5 Å². The first-order valence-electron chi connectivity index (χ1n) is 12.0. The normalized spacial score (nSPS) is 14.9. The SMILES string of the molecule is NC(=O)c1c2n(n(-c3ccccc3)c1=O)CCCC2c1ccc(Oc2ccnc3ccccc23)c(F)c1.